The van der Waals surface area contributed by atoms with Crippen molar-refractivity contribution in [2.75, 3.05) is 11.4 Å². The van der Waals surface area contributed by atoms with Crippen molar-refractivity contribution in [2.45, 2.75) is 51.5 Å². The maximum atomic E-state index is 16.0. The average Bonchev–Trinajstić information content (AvgIpc) is 3.42. The number of hydrogen-bond acceptors (Lipinski definition) is 8. The van der Waals surface area contributed by atoms with Gasteiger partial charge in [0.15, 0.2) is 18.1 Å². The second kappa shape index (κ2) is 7.16. The van der Waals surface area contributed by atoms with Crippen LogP contribution in [0, 0.1) is 11.2 Å². The number of rotatable bonds is 2. The Bertz CT molecular complexity index is 1330. The molecule has 5 heterocycles. The number of morpholine rings is 1. The summed E-state index contributed by atoms with van der Waals surface area (Å²) in [6, 6.07) is 0.961. The largest absolute Gasteiger partial charge is 0.372 e. The Labute approximate surface area is 192 Å². The van der Waals surface area contributed by atoms with E-state index >= 15 is 4.39 Å². The minimum atomic E-state index is -1.57. The molecule has 0 bridgehead atoms. The van der Waals surface area contributed by atoms with E-state index in [4.69, 9.17) is 9.26 Å². The lowest BCUT2D eigenvalue weighted by Crippen LogP contribution is -2.72. The fraction of sp³-hybridized carbons (Fsp3) is 0.455. The number of hydrogen-bond donors (Lipinski definition) is 2. The van der Waals surface area contributed by atoms with Gasteiger partial charge in [0.25, 0.3) is 0 Å². The second-order valence-electron chi connectivity index (χ2n) is 9.23. The van der Waals surface area contributed by atoms with Crippen LogP contribution in [0.3, 0.4) is 0 Å². The number of nitrogens with one attached hydrogen (secondary N) is 2. The monoisotopic (exact) mass is 469 g/mol. The third-order valence-electron chi connectivity index (χ3n) is 7.08. The third-order valence-corrected chi connectivity index (χ3v) is 7.08. The molecule has 2 fully saturated rings. The Kier molecular flexibility index (Phi) is 4.40. The molecule has 3 aliphatic heterocycles. The Morgan fingerprint density at radius 1 is 1.32 bits per heavy atom. The number of H-pyrrole nitrogens is 1. The molecule has 0 aliphatic carbocycles. The number of nitrogens with zero attached hydrogens (tertiary/aromatic N) is 4. The number of aromatic amines is 1. The average molecular weight is 469 g/mol. The highest BCUT2D eigenvalue weighted by Gasteiger charge is 2.62. The van der Waals surface area contributed by atoms with Gasteiger partial charge in [-0.15, -0.1) is 0 Å². The summed E-state index contributed by atoms with van der Waals surface area (Å²) in [6.45, 7) is 4.15. The highest BCUT2D eigenvalue weighted by atomic mass is 19.1. The van der Waals surface area contributed by atoms with Gasteiger partial charge in [-0.05, 0) is 36.9 Å². The number of carbonyl (C=O) groups excluding carboxylic acids is 3. The van der Waals surface area contributed by atoms with Gasteiger partial charge < -0.3 is 14.2 Å². The number of piperidine rings is 1. The van der Waals surface area contributed by atoms with Gasteiger partial charge in [0.05, 0.1) is 35.7 Å². The molecule has 0 radical (unpaired) electrons. The fourth-order valence-electron chi connectivity index (χ4n) is 5.81. The zero-order valence-electron chi connectivity index (χ0n) is 18.5. The molecule has 3 aromatic rings. The van der Waals surface area contributed by atoms with E-state index in [0.717, 1.165) is 0 Å². The van der Waals surface area contributed by atoms with Crippen LogP contribution in [0.15, 0.2) is 23.2 Å². The van der Waals surface area contributed by atoms with E-state index in [1.54, 1.807) is 28.9 Å². The molecule has 0 saturated carbocycles. The summed E-state index contributed by atoms with van der Waals surface area (Å²) >= 11 is 0. The number of amides is 2. The quantitative estimate of drug-likeness (QED) is 0.308. The van der Waals surface area contributed by atoms with E-state index in [9.17, 15) is 14.4 Å². The lowest BCUT2D eigenvalue weighted by atomic mass is 9.63. The highest BCUT2D eigenvalue weighted by Crippen LogP contribution is 2.50. The number of fused-ring (bicyclic) bond motifs is 5. The molecule has 4 atom stereocenters. The van der Waals surface area contributed by atoms with Crippen molar-refractivity contribution in [1.82, 2.24) is 20.6 Å². The van der Waals surface area contributed by atoms with Crippen LogP contribution < -0.4 is 14.9 Å². The third kappa shape index (κ3) is 2.77. The van der Waals surface area contributed by atoms with Crippen LogP contribution in [-0.4, -0.2) is 57.6 Å². The van der Waals surface area contributed by atoms with Crippen LogP contribution in [-0.2, 0) is 32.1 Å². The smallest absolute Gasteiger partial charge is 0.307 e. The predicted molar refractivity (Wildman–Crippen MR) is 112 cm³/mol. The van der Waals surface area contributed by atoms with Crippen molar-refractivity contribution >= 4 is 34.3 Å². The van der Waals surface area contributed by atoms with Gasteiger partial charge >= 0.3 is 6.33 Å². The molecule has 6 rings (SSSR count). The molecule has 2 N–H and O–H groups in total. The van der Waals surface area contributed by atoms with Crippen LogP contribution in [0.2, 0.25) is 0 Å². The molecular weight excluding hydrogens is 447 g/mol. The van der Waals surface area contributed by atoms with Gasteiger partial charge in [0, 0.05) is 6.54 Å². The summed E-state index contributed by atoms with van der Waals surface area (Å²) in [4.78, 5) is 44.3. The minimum absolute atomic E-state index is 0.00460. The number of benzene rings is 1. The summed E-state index contributed by atoms with van der Waals surface area (Å²) in [5.41, 5.74) is -0.333. The summed E-state index contributed by atoms with van der Waals surface area (Å²) in [5.74, 6) is -2.37. The van der Waals surface area contributed by atoms with Crippen LogP contribution in [0.4, 0.5) is 10.1 Å². The van der Waals surface area contributed by atoms with Gasteiger partial charge in [-0.2, -0.15) is 9.78 Å². The zero-order valence-corrected chi connectivity index (χ0v) is 18.5. The first kappa shape index (κ1) is 20.9. The first-order chi connectivity index (χ1) is 16.3. The van der Waals surface area contributed by atoms with Gasteiger partial charge in [0.2, 0.25) is 23.7 Å². The minimum Gasteiger partial charge on any atom is -0.372 e. The number of aromatic nitrogens is 4. The van der Waals surface area contributed by atoms with Crippen LogP contribution in [0.25, 0.3) is 11.0 Å². The molecule has 1 unspecified atom stereocenters. The highest BCUT2D eigenvalue weighted by molar-refractivity contribution is 6.22. The number of ether oxygens (including phenoxy) is 1. The molecule has 176 valence electrons. The second-order valence-corrected chi connectivity index (χ2v) is 9.23. The Morgan fingerprint density at radius 2 is 2.15 bits per heavy atom. The van der Waals surface area contributed by atoms with Gasteiger partial charge in [-0.25, -0.2) is 4.39 Å². The van der Waals surface area contributed by atoms with E-state index in [1.807, 2.05) is 6.92 Å². The maximum Gasteiger partial charge on any atom is 0.307 e. The van der Waals surface area contributed by atoms with E-state index in [0.29, 0.717) is 16.6 Å². The number of ketones is 1. The van der Waals surface area contributed by atoms with Crippen LogP contribution >= 0.6 is 0 Å². The Morgan fingerprint density at radius 3 is 2.88 bits per heavy atom. The molecule has 2 amide bonds. The molecule has 3 aliphatic rings. The first-order valence-electron chi connectivity index (χ1n) is 11.1. The SMILES string of the molecule is C[C@@H]1CN2c3c(cc4c(C[n+]5cnc[nH]5)noc4c3F)CC3(C(=O)CC(=O)NC3=O)[C@H]2[C@H](C)O1. The number of Topliss-reactive ketones (excluding diaryl/α,β-unsaturated/α-hetero) is 1. The Hall–Kier alpha value is -3.67. The summed E-state index contributed by atoms with van der Waals surface area (Å²) in [7, 11) is 0. The summed E-state index contributed by atoms with van der Waals surface area (Å²) in [5, 5.41) is 9.75. The van der Waals surface area contributed by atoms with E-state index in [2.05, 4.69) is 20.6 Å². The van der Waals surface area contributed by atoms with Crippen LogP contribution in [0.1, 0.15) is 31.5 Å². The van der Waals surface area contributed by atoms with Crippen molar-refractivity contribution in [3.05, 3.63) is 35.8 Å². The predicted octanol–water partition coefficient (Wildman–Crippen LogP) is 0.166. The van der Waals surface area contributed by atoms with Gasteiger partial charge in [-0.1, -0.05) is 5.16 Å². The summed E-state index contributed by atoms with van der Waals surface area (Å²) < 4.78 is 29.0. The Balaban J connectivity index is 1.56. The lowest BCUT2D eigenvalue weighted by molar-refractivity contribution is -0.743. The fourth-order valence-corrected chi connectivity index (χ4v) is 5.81. The molecule has 34 heavy (non-hydrogen) atoms. The van der Waals surface area contributed by atoms with Crippen molar-refractivity contribution < 1.29 is 32.7 Å². The number of anilines is 1. The van der Waals surface area contributed by atoms with Crippen molar-refractivity contribution in [2.24, 2.45) is 5.41 Å². The maximum absolute atomic E-state index is 16.0. The zero-order chi connectivity index (χ0) is 23.8. The normalized spacial score (nSPS) is 28.9. The first-order valence-corrected chi connectivity index (χ1v) is 11.1. The lowest BCUT2D eigenvalue weighted by Gasteiger charge is -2.55. The molecule has 2 aromatic heterocycles. The molecular formula is C22H22FN6O5+. The molecule has 1 spiro atoms. The molecule has 12 heteroatoms. The van der Waals surface area contributed by atoms with Gasteiger partial charge in [-0.3, -0.25) is 19.7 Å². The number of imide groups is 1. The number of halogens is 1. The number of carbonyl (C=O) groups is 3. The van der Waals surface area contributed by atoms with E-state index in [-0.39, 0.29) is 36.9 Å². The molecule has 11 nitrogen and oxygen atoms in total. The van der Waals surface area contributed by atoms with E-state index in [1.165, 1.54) is 6.33 Å². The molecule has 1 aromatic carbocycles. The van der Waals surface area contributed by atoms with Crippen molar-refractivity contribution in [3.63, 3.8) is 0 Å². The molecule has 2 saturated heterocycles. The van der Waals surface area contributed by atoms with Gasteiger partial charge in [0.1, 0.15) is 11.1 Å². The standard InChI is InChI=1S/C22H21FN6O5/c1-10-6-29-18-12(3-13-14(7-28-9-24-8-25-28)27-34-19(13)17(18)23)5-22(20(29)11(2)33-10)15(30)4-16(31)26-21(22)32/h3,8-11,20H,4-7H2,1-2H3,(H,26,31,32)/p+1/t10-,11+,20-,22?/m1/s1. The topological polar surface area (TPSA) is 134 Å². The van der Waals surface area contributed by atoms with Crippen molar-refractivity contribution in [3.8, 4) is 0 Å². The summed E-state index contributed by atoms with van der Waals surface area (Å²) in [6.07, 6.45) is 1.77. The van der Waals surface area contributed by atoms with E-state index < -0.39 is 47.4 Å². The van der Waals surface area contributed by atoms with Crippen LogP contribution in [0.5, 0.6) is 0 Å². The van der Waals surface area contributed by atoms with Crippen molar-refractivity contribution in [1.29, 1.82) is 0 Å².